The Morgan fingerprint density at radius 1 is 0.917 bits per heavy atom. The maximum absolute atomic E-state index is 14.7. The number of ether oxygens (including phenoxy) is 1. The molecule has 0 heterocycles. The monoisotopic (exact) mass is 496 g/mol. The van der Waals surface area contributed by atoms with Crippen LogP contribution in [0.4, 0.5) is 17.6 Å². The Morgan fingerprint density at radius 2 is 1.69 bits per heavy atom. The predicted octanol–water partition coefficient (Wildman–Crippen LogP) is 8.35. The van der Waals surface area contributed by atoms with E-state index >= 15 is 0 Å². The lowest BCUT2D eigenvalue weighted by Crippen LogP contribution is -2.13. The average molecular weight is 497 g/mol. The van der Waals surface area contributed by atoms with Crippen LogP contribution < -0.4 is 4.74 Å². The van der Waals surface area contributed by atoms with Crippen molar-refractivity contribution in [2.24, 2.45) is 11.8 Å². The molecule has 0 bridgehead atoms. The van der Waals surface area contributed by atoms with Gasteiger partial charge >= 0.3 is 5.97 Å². The highest BCUT2D eigenvalue weighted by Gasteiger charge is 2.20. The van der Waals surface area contributed by atoms with E-state index in [2.05, 4.69) is 18.8 Å². The highest BCUT2D eigenvalue weighted by Crippen LogP contribution is 2.32. The van der Waals surface area contributed by atoms with E-state index in [-0.39, 0.29) is 22.1 Å². The van der Waals surface area contributed by atoms with Gasteiger partial charge in [-0.15, -0.1) is 0 Å². The minimum Gasteiger partial charge on any atom is -0.423 e. The Kier molecular flexibility index (Phi) is 8.30. The molecule has 0 spiro atoms. The van der Waals surface area contributed by atoms with Crippen LogP contribution in [0.5, 0.6) is 5.75 Å². The van der Waals surface area contributed by atoms with Crippen LogP contribution in [0.25, 0.3) is 10.8 Å². The fourth-order valence-corrected chi connectivity index (χ4v) is 4.73. The Bertz CT molecular complexity index is 1310. The molecule has 1 aliphatic rings. The molecule has 0 aromatic heterocycles. The van der Waals surface area contributed by atoms with Crippen molar-refractivity contribution in [3.8, 4) is 17.6 Å². The van der Waals surface area contributed by atoms with E-state index in [0.29, 0.717) is 11.5 Å². The number of rotatable bonds is 6. The van der Waals surface area contributed by atoms with E-state index in [0.717, 1.165) is 24.8 Å². The van der Waals surface area contributed by atoms with Crippen LogP contribution in [-0.2, 0) is 0 Å². The highest BCUT2D eigenvalue weighted by atomic mass is 19.2. The van der Waals surface area contributed by atoms with Crippen molar-refractivity contribution in [3.05, 3.63) is 76.9 Å². The Hall–Kier alpha value is -3.33. The van der Waals surface area contributed by atoms with Crippen molar-refractivity contribution in [2.75, 3.05) is 0 Å². The summed E-state index contributed by atoms with van der Waals surface area (Å²) in [4.78, 5) is 12.5. The van der Waals surface area contributed by atoms with Crippen LogP contribution in [0.1, 0.15) is 74.2 Å². The lowest BCUT2D eigenvalue weighted by atomic mass is 9.80. The van der Waals surface area contributed by atoms with Crippen molar-refractivity contribution < 1.29 is 27.1 Å². The molecule has 0 saturated heterocycles. The van der Waals surface area contributed by atoms with Crippen LogP contribution in [-0.4, -0.2) is 5.97 Å². The number of unbranched alkanes of at least 4 members (excludes halogenated alkanes) is 2. The molecule has 2 nitrogen and oxygen atoms in total. The molecule has 188 valence electrons. The van der Waals surface area contributed by atoms with Crippen LogP contribution >= 0.6 is 0 Å². The summed E-state index contributed by atoms with van der Waals surface area (Å²) in [6, 6.07) is 8.47. The average Bonchev–Trinajstić information content (AvgIpc) is 2.87. The molecule has 0 aliphatic heterocycles. The third kappa shape index (κ3) is 6.07. The smallest absolute Gasteiger partial charge is 0.346 e. The van der Waals surface area contributed by atoms with E-state index in [9.17, 15) is 22.4 Å². The predicted molar refractivity (Wildman–Crippen MR) is 132 cm³/mol. The second kappa shape index (κ2) is 11.6. The Labute approximate surface area is 208 Å². The van der Waals surface area contributed by atoms with E-state index in [1.54, 1.807) is 6.07 Å². The molecule has 0 atom stereocenters. The van der Waals surface area contributed by atoms with Gasteiger partial charge in [-0.25, -0.2) is 22.4 Å². The van der Waals surface area contributed by atoms with Gasteiger partial charge in [0.1, 0.15) is 11.6 Å². The van der Waals surface area contributed by atoms with E-state index in [1.165, 1.54) is 68.9 Å². The van der Waals surface area contributed by atoms with Crippen molar-refractivity contribution in [1.82, 2.24) is 0 Å². The molecule has 0 N–H and O–H groups in total. The van der Waals surface area contributed by atoms with Gasteiger partial charge in [0.2, 0.25) is 0 Å². The van der Waals surface area contributed by atoms with E-state index < -0.39 is 29.2 Å². The first-order valence-electron chi connectivity index (χ1n) is 12.5. The van der Waals surface area contributed by atoms with Gasteiger partial charge in [-0.1, -0.05) is 44.4 Å². The van der Waals surface area contributed by atoms with Gasteiger partial charge < -0.3 is 4.74 Å². The van der Waals surface area contributed by atoms with Gasteiger partial charge in [0.15, 0.2) is 17.5 Å². The van der Waals surface area contributed by atoms with Crippen LogP contribution in [0.2, 0.25) is 0 Å². The quantitative estimate of drug-likeness (QED) is 0.0856. The molecule has 0 radical (unpaired) electrons. The summed E-state index contributed by atoms with van der Waals surface area (Å²) in [6.45, 7) is 2.21. The number of carbonyl (C=O) groups is 1. The summed E-state index contributed by atoms with van der Waals surface area (Å²) in [6.07, 6.45) is 9.61. The maximum Gasteiger partial charge on any atom is 0.346 e. The summed E-state index contributed by atoms with van der Waals surface area (Å²) in [7, 11) is 0. The standard InChI is InChI=1S/C30H28F4O2/c1-2-3-4-5-19-6-8-20(9-7-19)10-11-21-12-14-25(26(31)16-21)30(35)36-23-13-15-24-22(17-23)18-27(32)29(34)28(24)33/h12-20H,2-9H2,1H3. The zero-order valence-electron chi connectivity index (χ0n) is 20.2. The minimum atomic E-state index is -1.58. The number of carbonyl (C=O) groups excluding carboxylic acids is 1. The SMILES string of the molecule is CCCCCC1CCC(C#Cc2ccc(C(=O)Oc3ccc4c(F)c(F)c(F)cc4c3)c(F)c2)CC1. The maximum atomic E-state index is 14.7. The fraction of sp³-hybridized carbons (Fsp3) is 0.367. The molecule has 1 fully saturated rings. The van der Waals surface area contributed by atoms with Crippen LogP contribution in [0.3, 0.4) is 0 Å². The number of benzene rings is 3. The molecule has 4 rings (SSSR count). The van der Waals surface area contributed by atoms with Gasteiger partial charge in [-0.3, -0.25) is 0 Å². The molecule has 1 aliphatic carbocycles. The zero-order valence-corrected chi connectivity index (χ0v) is 20.2. The fourth-order valence-electron chi connectivity index (χ4n) is 4.73. The van der Waals surface area contributed by atoms with Crippen molar-refractivity contribution >= 4 is 16.7 Å². The van der Waals surface area contributed by atoms with Crippen molar-refractivity contribution in [2.45, 2.75) is 58.3 Å². The third-order valence-corrected chi connectivity index (χ3v) is 6.83. The Balaban J connectivity index is 1.38. The number of hydrogen-bond donors (Lipinski definition) is 0. The first kappa shape index (κ1) is 25.8. The number of hydrogen-bond acceptors (Lipinski definition) is 2. The molecule has 36 heavy (non-hydrogen) atoms. The third-order valence-electron chi connectivity index (χ3n) is 6.83. The molecule has 3 aromatic carbocycles. The molecule has 0 unspecified atom stereocenters. The topological polar surface area (TPSA) is 26.3 Å². The van der Waals surface area contributed by atoms with Gasteiger partial charge in [0, 0.05) is 16.9 Å². The normalized spacial score (nSPS) is 17.5. The second-order valence-electron chi connectivity index (χ2n) is 9.44. The summed E-state index contributed by atoms with van der Waals surface area (Å²) in [5, 5.41) is -0.148. The Morgan fingerprint density at radius 3 is 2.42 bits per heavy atom. The molecular formula is C30H28F4O2. The van der Waals surface area contributed by atoms with Gasteiger partial charge in [0.25, 0.3) is 0 Å². The molecular weight excluding hydrogens is 468 g/mol. The zero-order chi connectivity index (χ0) is 25.7. The van der Waals surface area contributed by atoms with Crippen LogP contribution in [0.15, 0.2) is 42.5 Å². The molecule has 0 amide bonds. The van der Waals surface area contributed by atoms with Crippen molar-refractivity contribution in [3.63, 3.8) is 0 Å². The lowest BCUT2D eigenvalue weighted by Gasteiger charge is -2.25. The number of esters is 1. The van der Waals surface area contributed by atoms with Gasteiger partial charge in [0.05, 0.1) is 5.56 Å². The minimum absolute atomic E-state index is 0.0118. The first-order valence-corrected chi connectivity index (χ1v) is 12.5. The largest absolute Gasteiger partial charge is 0.423 e. The first-order chi connectivity index (χ1) is 17.4. The van der Waals surface area contributed by atoms with E-state index in [1.807, 2.05) is 0 Å². The number of fused-ring (bicyclic) bond motifs is 1. The molecule has 3 aromatic rings. The summed E-state index contributed by atoms with van der Waals surface area (Å²) >= 11 is 0. The highest BCUT2D eigenvalue weighted by molar-refractivity contribution is 5.92. The van der Waals surface area contributed by atoms with Crippen molar-refractivity contribution in [1.29, 1.82) is 0 Å². The van der Waals surface area contributed by atoms with Gasteiger partial charge in [-0.05, 0) is 79.5 Å². The van der Waals surface area contributed by atoms with Gasteiger partial charge in [-0.2, -0.15) is 0 Å². The lowest BCUT2D eigenvalue weighted by molar-refractivity contribution is 0.0730. The van der Waals surface area contributed by atoms with E-state index in [4.69, 9.17) is 4.74 Å². The molecule has 6 heteroatoms. The summed E-state index contributed by atoms with van der Waals surface area (Å²) in [5.74, 6) is 1.33. The number of halogens is 4. The van der Waals surface area contributed by atoms with Crippen LogP contribution in [0, 0.1) is 46.9 Å². The molecule has 1 saturated carbocycles. The summed E-state index contributed by atoms with van der Waals surface area (Å²) < 4.78 is 60.7. The summed E-state index contributed by atoms with van der Waals surface area (Å²) in [5.41, 5.74) is 0.192. The second-order valence-corrected chi connectivity index (χ2v) is 9.44.